The lowest BCUT2D eigenvalue weighted by Gasteiger charge is -2.28. The van der Waals surface area contributed by atoms with Crippen LogP contribution in [-0.2, 0) is 9.59 Å². The van der Waals surface area contributed by atoms with Crippen LogP contribution in [0.2, 0.25) is 0 Å². The number of aliphatic carboxylic acids is 1. The predicted octanol–water partition coefficient (Wildman–Crippen LogP) is 1.53. The SMILES string of the molecule is CC(=O)N(C1CC1)C(C(=O)O)c1ccccc1O. The van der Waals surface area contributed by atoms with Crippen LogP contribution < -0.4 is 0 Å². The van der Waals surface area contributed by atoms with E-state index in [-0.39, 0.29) is 23.3 Å². The fourth-order valence-electron chi connectivity index (χ4n) is 2.12. The molecule has 2 N–H and O–H groups in total. The molecular formula is C13H15NO4. The van der Waals surface area contributed by atoms with E-state index >= 15 is 0 Å². The van der Waals surface area contributed by atoms with Crippen molar-refractivity contribution in [3.05, 3.63) is 29.8 Å². The highest BCUT2D eigenvalue weighted by atomic mass is 16.4. The molecule has 1 aromatic carbocycles. The number of carbonyl (C=O) groups is 2. The summed E-state index contributed by atoms with van der Waals surface area (Å²) in [5, 5.41) is 19.1. The van der Waals surface area contributed by atoms with Gasteiger partial charge in [-0.15, -0.1) is 0 Å². The van der Waals surface area contributed by atoms with Crippen LogP contribution >= 0.6 is 0 Å². The van der Waals surface area contributed by atoms with Gasteiger partial charge < -0.3 is 15.1 Å². The van der Waals surface area contributed by atoms with Crippen molar-refractivity contribution in [2.24, 2.45) is 0 Å². The molecule has 1 aliphatic rings. The fourth-order valence-corrected chi connectivity index (χ4v) is 2.12. The Hall–Kier alpha value is -2.04. The number of hydrogen-bond acceptors (Lipinski definition) is 3. The van der Waals surface area contributed by atoms with Crippen molar-refractivity contribution in [2.75, 3.05) is 0 Å². The average molecular weight is 249 g/mol. The highest BCUT2D eigenvalue weighted by molar-refractivity contribution is 5.84. The van der Waals surface area contributed by atoms with Gasteiger partial charge >= 0.3 is 5.97 Å². The van der Waals surface area contributed by atoms with Crippen LogP contribution in [0, 0.1) is 0 Å². The van der Waals surface area contributed by atoms with Crippen LogP contribution in [0.4, 0.5) is 0 Å². The Bertz CT molecular complexity index is 482. The lowest BCUT2D eigenvalue weighted by molar-refractivity contribution is -0.150. The summed E-state index contributed by atoms with van der Waals surface area (Å²) in [7, 11) is 0. The van der Waals surface area contributed by atoms with E-state index in [1.807, 2.05) is 0 Å². The summed E-state index contributed by atoms with van der Waals surface area (Å²) in [6.07, 6.45) is 1.63. The number of para-hydroxylation sites is 1. The first-order valence-electron chi connectivity index (χ1n) is 5.82. The summed E-state index contributed by atoms with van der Waals surface area (Å²) in [6.45, 7) is 1.36. The lowest BCUT2D eigenvalue weighted by atomic mass is 10.0. The van der Waals surface area contributed by atoms with Crippen molar-refractivity contribution in [3.8, 4) is 5.75 Å². The molecule has 0 radical (unpaired) electrons. The van der Waals surface area contributed by atoms with Crippen molar-refractivity contribution in [2.45, 2.75) is 31.8 Å². The van der Waals surface area contributed by atoms with Gasteiger partial charge in [0.25, 0.3) is 0 Å². The molecule has 0 heterocycles. The Morgan fingerprint density at radius 1 is 1.33 bits per heavy atom. The molecule has 5 heteroatoms. The third kappa shape index (κ3) is 2.30. The van der Waals surface area contributed by atoms with E-state index in [4.69, 9.17) is 0 Å². The molecule has 0 spiro atoms. The standard InChI is InChI=1S/C13H15NO4/c1-8(15)14(9-6-7-9)12(13(17)18)10-4-2-3-5-11(10)16/h2-5,9,12,16H,6-7H2,1H3,(H,17,18). The summed E-state index contributed by atoms with van der Waals surface area (Å²) in [6, 6.07) is 5.09. The Kier molecular flexibility index (Phi) is 3.23. The molecule has 5 nitrogen and oxygen atoms in total. The summed E-state index contributed by atoms with van der Waals surface area (Å²) in [5.74, 6) is -1.51. The number of benzene rings is 1. The Morgan fingerprint density at radius 2 is 1.94 bits per heavy atom. The molecule has 0 saturated heterocycles. The summed E-state index contributed by atoms with van der Waals surface area (Å²) in [4.78, 5) is 24.4. The van der Waals surface area contributed by atoms with Crippen LogP contribution in [0.25, 0.3) is 0 Å². The van der Waals surface area contributed by atoms with Crippen molar-refractivity contribution in [3.63, 3.8) is 0 Å². The second kappa shape index (κ2) is 4.68. The first kappa shape index (κ1) is 12.4. The number of carbonyl (C=O) groups excluding carboxylic acids is 1. The quantitative estimate of drug-likeness (QED) is 0.848. The van der Waals surface area contributed by atoms with E-state index in [9.17, 15) is 19.8 Å². The molecule has 1 saturated carbocycles. The van der Waals surface area contributed by atoms with Crippen LogP contribution in [0.15, 0.2) is 24.3 Å². The second-order valence-electron chi connectivity index (χ2n) is 4.46. The van der Waals surface area contributed by atoms with E-state index in [1.165, 1.54) is 24.0 Å². The van der Waals surface area contributed by atoms with Crippen molar-refractivity contribution in [1.82, 2.24) is 4.90 Å². The molecule has 0 bridgehead atoms. The zero-order chi connectivity index (χ0) is 13.3. The zero-order valence-electron chi connectivity index (χ0n) is 10.0. The molecule has 18 heavy (non-hydrogen) atoms. The molecule has 2 rings (SSSR count). The minimum Gasteiger partial charge on any atom is -0.508 e. The number of phenols is 1. The second-order valence-corrected chi connectivity index (χ2v) is 4.46. The largest absolute Gasteiger partial charge is 0.508 e. The number of phenolic OH excluding ortho intramolecular Hbond substituents is 1. The molecule has 0 aromatic heterocycles. The van der Waals surface area contributed by atoms with E-state index in [0.717, 1.165) is 12.8 Å². The molecule has 0 aliphatic heterocycles. The van der Waals surface area contributed by atoms with Crippen molar-refractivity contribution in [1.29, 1.82) is 0 Å². The smallest absolute Gasteiger partial charge is 0.331 e. The van der Waals surface area contributed by atoms with Gasteiger partial charge in [-0.2, -0.15) is 0 Å². The fraction of sp³-hybridized carbons (Fsp3) is 0.385. The lowest BCUT2D eigenvalue weighted by Crippen LogP contribution is -2.39. The summed E-state index contributed by atoms with van der Waals surface area (Å²) in [5.41, 5.74) is 0.257. The summed E-state index contributed by atoms with van der Waals surface area (Å²) < 4.78 is 0. The number of amides is 1. The Balaban J connectivity index is 2.42. The number of rotatable bonds is 4. The molecule has 1 aliphatic carbocycles. The van der Waals surface area contributed by atoms with Gasteiger partial charge in [0.15, 0.2) is 6.04 Å². The molecule has 1 atom stereocenters. The van der Waals surface area contributed by atoms with Gasteiger partial charge in [-0.3, -0.25) is 4.79 Å². The van der Waals surface area contributed by atoms with Crippen LogP contribution in [-0.4, -0.2) is 33.0 Å². The van der Waals surface area contributed by atoms with Gasteiger partial charge in [0.05, 0.1) is 0 Å². The number of carboxylic acids is 1. The Morgan fingerprint density at radius 3 is 2.39 bits per heavy atom. The van der Waals surface area contributed by atoms with Gasteiger partial charge in [0.1, 0.15) is 5.75 Å². The minimum atomic E-state index is -1.13. The molecule has 1 amide bonds. The molecule has 1 aromatic rings. The molecular weight excluding hydrogens is 234 g/mol. The first-order valence-corrected chi connectivity index (χ1v) is 5.82. The highest BCUT2D eigenvalue weighted by Crippen LogP contribution is 2.37. The predicted molar refractivity (Wildman–Crippen MR) is 64.0 cm³/mol. The van der Waals surface area contributed by atoms with E-state index in [1.54, 1.807) is 12.1 Å². The molecule has 1 fully saturated rings. The topological polar surface area (TPSA) is 77.8 Å². The number of aromatic hydroxyl groups is 1. The van der Waals surface area contributed by atoms with Crippen LogP contribution in [0.5, 0.6) is 5.75 Å². The number of hydrogen-bond donors (Lipinski definition) is 2. The monoisotopic (exact) mass is 249 g/mol. The first-order chi connectivity index (χ1) is 8.52. The van der Waals surface area contributed by atoms with Gasteiger partial charge in [-0.1, -0.05) is 18.2 Å². The molecule has 1 unspecified atom stereocenters. The zero-order valence-corrected chi connectivity index (χ0v) is 10.0. The van der Waals surface area contributed by atoms with Crippen molar-refractivity contribution >= 4 is 11.9 Å². The van der Waals surface area contributed by atoms with Crippen LogP contribution in [0.1, 0.15) is 31.4 Å². The van der Waals surface area contributed by atoms with Gasteiger partial charge in [0.2, 0.25) is 5.91 Å². The van der Waals surface area contributed by atoms with Gasteiger partial charge in [-0.05, 0) is 18.9 Å². The maximum Gasteiger partial charge on any atom is 0.331 e. The molecule has 96 valence electrons. The number of carboxylic acid groups (broad SMARTS) is 1. The highest BCUT2D eigenvalue weighted by Gasteiger charge is 2.40. The Labute approximate surface area is 105 Å². The van der Waals surface area contributed by atoms with Crippen molar-refractivity contribution < 1.29 is 19.8 Å². The van der Waals surface area contributed by atoms with Gasteiger partial charge in [0, 0.05) is 18.5 Å². The van der Waals surface area contributed by atoms with Crippen LogP contribution in [0.3, 0.4) is 0 Å². The van der Waals surface area contributed by atoms with Gasteiger partial charge in [-0.25, -0.2) is 4.79 Å². The van der Waals surface area contributed by atoms with E-state index < -0.39 is 12.0 Å². The maximum absolute atomic E-state index is 11.6. The number of nitrogens with zero attached hydrogens (tertiary/aromatic N) is 1. The maximum atomic E-state index is 11.6. The average Bonchev–Trinajstić information content (AvgIpc) is 3.10. The summed E-state index contributed by atoms with van der Waals surface area (Å²) >= 11 is 0. The van der Waals surface area contributed by atoms with E-state index in [2.05, 4.69) is 0 Å². The third-order valence-corrected chi connectivity index (χ3v) is 3.05. The minimum absolute atomic E-state index is 0.0248. The third-order valence-electron chi connectivity index (χ3n) is 3.05. The normalized spacial score (nSPS) is 16.1. The van der Waals surface area contributed by atoms with E-state index in [0.29, 0.717) is 0 Å².